The lowest BCUT2D eigenvalue weighted by atomic mass is 10.00. The lowest BCUT2D eigenvalue weighted by Crippen LogP contribution is -2.43. The zero-order valence-corrected chi connectivity index (χ0v) is 11.8. The summed E-state index contributed by atoms with van der Waals surface area (Å²) < 4.78 is 0. The molecule has 1 aliphatic rings. The highest BCUT2D eigenvalue weighted by atomic mass is 35.5. The van der Waals surface area contributed by atoms with Gasteiger partial charge in [0.15, 0.2) is 0 Å². The van der Waals surface area contributed by atoms with Crippen LogP contribution in [0.5, 0.6) is 0 Å². The Kier molecular flexibility index (Phi) is 4.84. The monoisotopic (exact) mass is 296 g/mol. The topological polar surface area (TPSA) is 69.6 Å². The van der Waals surface area contributed by atoms with Gasteiger partial charge in [0.1, 0.15) is 0 Å². The standard InChI is InChI=1S/C14H17ClN2O3/c15-12-4-1-3-10-9-17(8-6-11(10)12)14(20)16-7-2-5-13(18)19/h1,3-4H,2,5-9H2,(H,16,20)(H,18,19). The zero-order chi connectivity index (χ0) is 14.5. The number of nitrogens with one attached hydrogen (secondary N) is 1. The summed E-state index contributed by atoms with van der Waals surface area (Å²) in [5.41, 5.74) is 2.19. The molecule has 0 saturated heterocycles. The number of carbonyl (C=O) groups is 2. The van der Waals surface area contributed by atoms with Gasteiger partial charge in [0, 0.05) is 31.1 Å². The number of aliphatic carboxylic acids is 1. The van der Waals surface area contributed by atoms with E-state index in [-0.39, 0.29) is 12.5 Å². The molecule has 0 aromatic heterocycles. The second kappa shape index (κ2) is 6.61. The van der Waals surface area contributed by atoms with Crippen molar-refractivity contribution in [1.29, 1.82) is 0 Å². The molecule has 5 nitrogen and oxygen atoms in total. The maximum atomic E-state index is 12.0. The van der Waals surface area contributed by atoms with Gasteiger partial charge in [-0.2, -0.15) is 0 Å². The maximum absolute atomic E-state index is 12.0. The van der Waals surface area contributed by atoms with Crippen molar-refractivity contribution in [2.24, 2.45) is 0 Å². The average molecular weight is 297 g/mol. The molecule has 1 aromatic carbocycles. The third kappa shape index (κ3) is 3.63. The number of urea groups is 1. The summed E-state index contributed by atoms with van der Waals surface area (Å²) in [6, 6.07) is 5.57. The minimum atomic E-state index is -0.846. The molecule has 0 spiro atoms. The number of nitrogens with zero attached hydrogens (tertiary/aromatic N) is 1. The number of carboxylic acids is 1. The zero-order valence-electron chi connectivity index (χ0n) is 11.1. The van der Waals surface area contributed by atoms with Crippen molar-refractivity contribution in [1.82, 2.24) is 10.2 Å². The van der Waals surface area contributed by atoms with Gasteiger partial charge in [0.25, 0.3) is 0 Å². The lowest BCUT2D eigenvalue weighted by molar-refractivity contribution is -0.137. The van der Waals surface area contributed by atoms with Crippen molar-refractivity contribution >= 4 is 23.6 Å². The first-order chi connectivity index (χ1) is 9.58. The van der Waals surface area contributed by atoms with E-state index < -0.39 is 5.97 Å². The van der Waals surface area contributed by atoms with Gasteiger partial charge in [0.05, 0.1) is 0 Å². The van der Waals surface area contributed by atoms with Crippen molar-refractivity contribution in [2.75, 3.05) is 13.1 Å². The van der Waals surface area contributed by atoms with E-state index in [1.807, 2.05) is 18.2 Å². The van der Waals surface area contributed by atoms with Crippen LogP contribution < -0.4 is 5.32 Å². The predicted molar refractivity (Wildman–Crippen MR) is 75.8 cm³/mol. The molecule has 1 aromatic rings. The Hall–Kier alpha value is -1.75. The van der Waals surface area contributed by atoms with E-state index in [0.717, 1.165) is 22.6 Å². The Morgan fingerprint density at radius 1 is 1.40 bits per heavy atom. The number of carbonyl (C=O) groups excluding carboxylic acids is 1. The first-order valence-corrected chi connectivity index (χ1v) is 6.96. The molecule has 0 unspecified atom stereocenters. The van der Waals surface area contributed by atoms with Crippen LogP contribution in [-0.4, -0.2) is 35.1 Å². The summed E-state index contributed by atoms with van der Waals surface area (Å²) in [6.07, 6.45) is 1.26. The van der Waals surface area contributed by atoms with Gasteiger partial charge in [-0.3, -0.25) is 4.79 Å². The highest BCUT2D eigenvalue weighted by Crippen LogP contribution is 2.25. The molecule has 0 fully saturated rings. The van der Waals surface area contributed by atoms with E-state index in [9.17, 15) is 9.59 Å². The fourth-order valence-electron chi connectivity index (χ4n) is 2.28. The van der Waals surface area contributed by atoms with Gasteiger partial charge in [-0.1, -0.05) is 23.7 Å². The van der Waals surface area contributed by atoms with Crippen molar-refractivity contribution in [3.63, 3.8) is 0 Å². The highest BCUT2D eigenvalue weighted by molar-refractivity contribution is 6.31. The van der Waals surface area contributed by atoms with Crippen molar-refractivity contribution in [3.05, 3.63) is 34.3 Å². The van der Waals surface area contributed by atoms with Crippen LogP contribution in [0.15, 0.2) is 18.2 Å². The SMILES string of the molecule is O=C(O)CCCNC(=O)N1CCc2c(Cl)cccc2C1. The largest absolute Gasteiger partial charge is 0.481 e. The number of halogens is 1. The van der Waals surface area contributed by atoms with Crippen molar-refractivity contribution in [2.45, 2.75) is 25.8 Å². The number of benzene rings is 1. The van der Waals surface area contributed by atoms with Gasteiger partial charge in [-0.25, -0.2) is 4.79 Å². The lowest BCUT2D eigenvalue weighted by Gasteiger charge is -2.29. The molecule has 2 amide bonds. The van der Waals surface area contributed by atoms with Gasteiger partial charge in [-0.15, -0.1) is 0 Å². The number of rotatable bonds is 4. The van der Waals surface area contributed by atoms with Crippen LogP contribution in [0.4, 0.5) is 4.79 Å². The summed E-state index contributed by atoms with van der Waals surface area (Å²) in [6.45, 7) is 1.55. The summed E-state index contributed by atoms with van der Waals surface area (Å²) in [5.74, 6) is -0.846. The van der Waals surface area contributed by atoms with Crippen LogP contribution in [0.3, 0.4) is 0 Å². The van der Waals surface area contributed by atoms with E-state index in [2.05, 4.69) is 5.32 Å². The molecule has 0 atom stereocenters. The molecule has 0 saturated carbocycles. The molecule has 2 rings (SSSR count). The molecule has 1 aliphatic heterocycles. The van der Waals surface area contributed by atoms with Gasteiger partial charge < -0.3 is 15.3 Å². The van der Waals surface area contributed by atoms with Gasteiger partial charge in [-0.05, 0) is 30.0 Å². The summed E-state index contributed by atoms with van der Waals surface area (Å²) in [5, 5.41) is 12.0. The third-order valence-corrected chi connectivity index (χ3v) is 3.69. The normalized spacial score (nSPS) is 13.8. The third-order valence-electron chi connectivity index (χ3n) is 3.34. The maximum Gasteiger partial charge on any atom is 0.317 e. The Balaban J connectivity index is 1.86. The molecule has 6 heteroatoms. The first-order valence-electron chi connectivity index (χ1n) is 6.59. The number of hydrogen-bond donors (Lipinski definition) is 2. The van der Waals surface area contributed by atoms with E-state index in [1.165, 1.54) is 0 Å². The second-order valence-corrected chi connectivity index (χ2v) is 5.19. The Morgan fingerprint density at radius 3 is 2.95 bits per heavy atom. The molecule has 20 heavy (non-hydrogen) atoms. The average Bonchev–Trinajstić information content (AvgIpc) is 2.43. The van der Waals surface area contributed by atoms with E-state index >= 15 is 0 Å². The summed E-state index contributed by atoms with van der Waals surface area (Å²) in [7, 11) is 0. The van der Waals surface area contributed by atoms with Crippen LogP contribution >= 0.6 is 11.6 Å². The second-order valence-electron chi connectivity index (χ2n) is 4.78. The minimum Gasteiger partial charge on any atom is -0.481 e. The van der Waals surface area contributed by atoms with Crippen molar-refractivity contribution in [3.8, 4) is 0 Å². The summed E-state index contributed by atoms with van der Waals surface area (Å²) >= 11 is 6.13. The molecule has 0 aliphatic carbocycles. The Bertz CT molecular complexity index is 519. The first kappa shape index (κ1) is 14.7. The van der Waals surface area contributed by atoms with Crippen LogP contribution in [0.1, 0.15) is 24.0 Å². The molecular weight excluding hydrogens is 280 g/mol. The van der Waals surface area contributed by atoms with Crippen LogP contribution in [0.25, 0.3) is 0 Å². The van der Waals surface area contributed by atoms with E-state index in [0.29, 0.717) is 26.1 Å². The quantitative estimate of drug-likeness (QED) is 0.838. The smallest absolute Gasteiger partial charge is 0.317 e. The number of amides is 2. The highest BCUT2D eigenvalue weighted by Gasteiger charge is 2.21. The van der Waals surface area contributed by atoms with Crippen molar-refractivity contribution < 1.29 is 14.7 Å². The summed E-state index contributed by atoms with van der Waals surface area (Å²) in [4.78, 5) is 24.1. The molecular formula is C14H17ClN2O3. The number of hydrogen-bond acceptors (Lipinski definition) is 2. The molecule has 0 bridgehead atoms. The number of carboxylic acid groups (broad SMARTS) is 1. The predicted octanol–water partition coefficient (Wildman–Crippen LogP) is 2.27. The van der Waals surface area contributed by atoms with Crippen LogP contribution in [0, 0.1) is 0 Å². The van der Waals surface area contributed by atoms with E-state index in [1.54, 1.807) is 4.90 Å². The van der Waals surface area contributed by atoms with Gasteiger partial charge >= 0.3 is 12.0 Å². The van der Waals surface area contributed by atoms with Crippen LogP contribution in [0.2, 0.25) is 5.02 Å². The molecule has 0 radical (unpaired) electrons. The Morgan fingerprint density at radius 2 is 2.20 bits per heavy atom. The number of fused-ring (bicyclic) bond motifs is 1. The van der Waals surface area contributed by atoms with Gasteiger partial charge in [0.2, 0.25) is 0 Å². The fourth-order valence-corrected chi connectivity index (χ4v) is 2.57. The Labute approximate surface area is 122 Å². The van der Waals surface area contributed by atoms with E-state index in [4.69, 9.17) is 16.7 Å². The van der Waals surface area contributed by atoms with Crippen LogP contribution in [-0.2, 0) is 17.8 Å². The molecule has 2 N–H and O–H groups in total. The molecule has 1 heterocycles. The fraction of sp³-hybridized carbons (Fsp3) is 0.429. The minimum absolute atomic E-state index is 0.0682. The molecule has 108 valence electrons.